The fraction of sp³-hybridized carbons (Fsp3) is 0.200. The number of halogens is 3. The molecule has 2 aromatic carbocycles. The average Bonchev–Trinajstić information content (AvgIpc) is 2.37. The average molecular weight is 343 g/mol. The van der Waals surface area contributed by atoms with Gasteiger partial charge >= 0.3 is 0 Å². The van der Waals surface area contributed by atoms with Crippen molar-refractivity contribution in [2.75, 3.05) is 0 Å². The molecule has 0 saturated carbocycles. The van der Waals surface area contributed by atoms with Gasteiger partial charge in [-0.15, -0.1) is 0 Å². The Bertz CT molecular complexity index is 615. The first-order valence-electron chi connectivity index (χ1n) is 6.01. The molecule has 106 valence electrons. The molecule has 0 unspecified atom stereocenters. The van der Waals surface area contributed by atoms with Crippen molar-refractivity contribution in [2.24, 2.45) is 0 Å². The molecule has 0 amide bonds. The number of aliphatic hydroxyl groups excluding tert-OH is 1. The Hall–Kier alpha value is -1.46. The minimum Gasteiger partial charge on any atom is -0.488 e. The van der Waals surface area contributed by atoms with E-state index in [1.54, 1.807) is 19.1 Å². The van der Waals surface area contributed by atoms with Gasteiger partial charge in [0.2, 0.25) is 0 Å². The van der Waals surface area contributed by atoms with Gasteiger partial charge in [-0.1, -0.05) is 22.0 Å². The lowest BCUT2D eigenvalue weighted by molar-refractivity contribution is 0.189. The highest BCUT2D eigenvalue weighted by molar-refractivity contribution is 9.10. The molecule has 0 aliphatic carbocycles. The summed E-state index contributed by atoms with van der Waals surface area (Å²) in [5, 5.41) is 9.60. The van der Waals surface area contributed by atoms with Crippen molar-refractivity contribution in [3.8, 4) is 5.75 Å². The fourth-order valence-electron chi connectivity index (χ4n) is 1.77. The second-order valence-electron chi connectivity index (χ2n) is 4.38. The zero-order valence-corrected chi connectivity index (χ0v) is 12.3. The van der Waals surface area contributed by atoms with Gasteiger partial charge in [0.05, 0.1) is 6.10 Å². The first-order valence-corrected chi connectivity index (χ1v) is 6.81. The Morgan fingerprint density at radius 1 is 1.20 bits per heavy atom. The molecule has 0 fully saturated rings. The molecule has 5 heteroatoms. The Balaban J connectivity index is 2.20. The molecule has 1 atom stereocenters. The summed E-state index contributed by atoms with van der Waals surface area (Å²) in [6.07, 6.45) is -0.791. The Morgan fingerprint density at radius 2 is 1.95 bits per heavy atom. The van der Waals surface area contributed by atoms with Crippen LogP contribution < -0.4 is 4.74 Å². The summed E-state index contributed by atoms with van der Waals surface area (Å²) < 4.78 is 32.9. The molecule has 0 radical (unpaired) electrons. The van der Waals surface area contributed by atoms with E-state index in [0.29, 0.717) is 15.6 Å². The molecule has 0 heterocycles. The van der Waals surface area contributed by atoms with Crippen LogP contribution in [0.15, 0.2) is 40.9 Å². The smallest absolute Gasteiger partial charge is 0.130 e. The summed E-state index contributed by atoms with van der Waals surface area (Å²) in [4.78, 5) is 0. The first-order chi connectivity index (χ1) is 9.47. The molecular weight excluding hydrogens is 330 g/mol. The second-order valence-corrected chi connectivity index (χ2v) is 5.30. The van der Waals surface area contributed by atoms with Gasteiger partial charge in [-0.3, -0.25) is 0 Å². The van der Waals surface area contributed by atoms with Gasteiger partial charge in [-0.25, -0.2) is 8.78 Å². The SMILES string of the molecule is C[C@@H](O)c1ccc(F)cc1OCc1ccc(Br)cc1F. The molecule has 0 aliphatic heterocycles. The van der Waals surface area contributed by atoms with E-state index in [1.165, 1.54) is 24.3 Å². The van der Waals surface area contributed by atoms with Crippen LogP contribution in [0.3, 0.4) is 0 Å². The van der Waals surface area contributed by atoms with Gasteiger partial charge in [-0.05, 0) is 31.2 Å². The standard InChI is InChI=1S/C15H13BrF2O2/c1-9(19)13-5-4-12(17)7-15(13)20-8-10-2-3-11(16)6-14(10)18/h2-7,9,19H,8H2,1H3/t9-/m1/s1. The maximum Gasteiger partial charge on any atom is 0.130 e. The van der Waals surface area contributed by atoms with Crippen LogP contribution in [0.2, 0.25) is 0 Å². The van der Waals surface area contributed by atoms with Crippen molar-refractivity contribution in [1.29, 1.82) is 0 Å². The Morgan fingerprint density at radius 3 is 2.60 bits per heavy atom. The van der Waals surface area contributed by atoms with Gasteiger partial charge in [0.15, 0.2) is 0 Å². The molecule has 0 aliphatic rings. The fourth-order valence-corrected chi connectivity index (χ4v) is 2.11. The highest BCUT2D eigenvalue weighted by Crippen LogP contribution is 2.27. The van der Waals surface area contributed by atoms with Crippen LogP contribution in [0.4, 0.5) is 8.78 Å². The van der Waals surface area contributed by atoms with Crippen molar-refractivity contribution in [3.63, 3.8) is 0 Å². The molecule has 20 heavy (non-hydrogen) atoms. The van der Waals surface area contributed by atoms with E-state index in [2.05, 4.69) is 15.9 Å². The van der Waals surface area contributed by atoms with E-state index in [4.69, 9.17) is 4.74 Å². The summed E-state index contributed by atoms with van der Waals surface area (Å²) in [6.45, 7) is 1.52. The van der Waals surface area contributed by atoms with Crippen LogP contribution in [0.25, 0.3) is 0 Å². The van der Waals surface area contributed by atoms with E-state index in [-0.39, 0.29) is 12.4 Å². The quantitative estimate of drug-likeness (QED) is 0.894. The highest BCUT2D eigenvalue weighted by atomic mass is 79.9. The largest absolute Gasteiger partial charge is 0.488 e. The highest BCUT2D eigenvalue weighted by Gasteiger charge is 2.11. The van der Waals surface area contributed by atoms with E-state index < -0.39 is 17.7 Å². The molecule has 2 rings (SSSR count). The predicted molar refractivity (Wildman–Crippen MR) is 75.5 cm³/mol. The van der Waals surface area contributed by atoms with Gasteiger partial charge in [0.25, 0.3) is 0 Å². The summed E-state index contributed by atoms with van der Waals surface area (Å²) in [7, 11) is 0. The normalized spacial score (nSPS) is 12.2. The van der Waals surface area contributed by atoms with Crippen LogP contribution in [0.1, 0.15) is 24.2 Å². The topological polar surface area (TPSA) is 29.5 Å². The number of hydrogen-bond donors (Lipinski definition) is 1. The van der Waals surface area contributed by atoms with E-state index in [9.17, 15) is 13.9 Å². The van der Waals surface area contributed by atoms with Crippen LogP contribution in [-0.4, -0.2) is 5.11 Å². The monoisotopic (exact) mass is 342 g/mol. The zero-order valence-electron chi connectivity index (χ0n) is 10.7. The van der Waals surface area contributed by atoms with E-state index in [1.807, 2.05) is 0 Å². The van der Waals surface area contributed by atoms with Gasteiger partial charge in [0, 0.05) is 21.7 Å². The molecule has 1 N–H and O–H groups in total. The van der Waals surface area contributed by atoms with Gasteiger partial charge in [0.1, 0.15) is 24.0 Å². The molecule has 0 saturated heterocycles. The predicted octanol–water partition coefficient (Wildman–Crippen LogP) is 4.36. The lowest BCUT2D eigenvalue weighted by atomic mass is 10.1. The van der Waals surface area contributed by atoms with Crippen LogP contribution in [-0.2, 0) is 6.61 Å². The van der Waals surface area contributed by atoms with Crippen molar-refractivity contribution in [2.45, 2.75) is 19.6 Å². The number of rotatable bonds is 4. The number of benzene rings is 2. The minimum atomic E-state index is -0.791. The third-order valence-electron chi connectivity index (χ3n) is 2.82. The molecule has 0 bridgehead atoms. The van der Waals surface area contributed by atoms with E-state index in [0.717, 1.165) is 0 Å². The van der Waals surface area contributed by atoms with Crippen molar-refractivity contribution in [3.05, 3.63) is 63.6 Å². The number of hydrogen-bond acceptors (Lipinski definition) is 2. The lowest BCUT2D eigenvalue weighted by Gasteiger charge is -2.14. The maximum atomic E-state index is 13.7. The summed E-state index contributed by atoms with van der Waals surface area (Å²) >= 11 is 3.17. The van der Waals surface area contributed by atoms with Crippen molar-refractivity contribution < 1.29 is 18.6 Å². The Labute approximate surface area is 124 Å². The summed E-state index contributed by atoms with van der Waals surface area (Å²) in [5.41, 5.74) is 0.818. The summed E-state index contributed by atoms with van der Waals surface area (Å²) in [6, 6.07) is 8.49. The molecule has 2 nitrogen and oxygen atoms in total. The third-order valence-corrected chi connectivity index (χ3v) is 3.32. The molecule has 2 aromatic rings. The van der Waals surface area contributed by atoms with Crippen molar-refractivity contribution >= 4 is 15.9 Å². The zero-order chi connectivity index (χ0) is 14.7. The first kappa shape index (κ1) is 14.9. The van der Waals surface area contributed by atoms with Gasteiger partial charge in [-0.2, -0.15) is 0 Å². The number of aliphatic hydroxyl groups is 1. The van der Waals surface area contributed by atoms with Crippen LogP contribution >= 0.6 is 15.9 Å². The molecular formula is C15H13BrF2O2. The van der Waals surface area contributed by atoms with Crippen LogP contribution in [0.5, 0.6) is 5.75 Å². The van der Waals surface area contributed by atoms with E-state index >= 15 is 0 Å². The van der Waals surface area contributed by atoms with Crippen LogP contribution in [0, 0.1) is 11.6 Å². The second kappa shape index (κ2) is 6.33. The molecule has 0 aromatic heterocycles. The third kappa shape index (κ3) is 3.55. The minimum absolute atomic E-state index is 0.0394. The molecule has 0 spiro atoms. The van der Waals surface area contributed by atoms with Gasteiger partial charge < -0.3 is 9.84 Å². The number of ether oxygens (including phenoxy) is 1. The maximum absolute atomic E-state index is 13.7. The Kier molecular flexibility index (Phi) is 4.73. The van der Waals surface area contributed by atoms with Crippen molar-refractivity contribution in [1.82, 2.24) is 0 Å². The lowest BCUT2D eigenvalue weighted by Crippen LogP contribution is -2.03. The summed E-state index contributed by atoms with van der Waals surface area (Å²) in [5.74, 6) is -0.669.